The number of hydrogen-bond acceptors (Lipinski definition) is 6. The molecule has 6 heteroatoms. The zero-order chi connectivity index (χ0) is 18.9. The molecule has 0 fully saturated rings. The van der Waals surface area contributed by atoms with Crippen molar-refractivity contribution in [1.29, 1.82) is 0 Å². The van der Waals surface area contributed by atoms with E-state index < -0.39 is 11.6 Å². The van der Waals surface area contributed by atoms with Gasteiger partial charge in [-0.2, -0.15) is 0 Å². The molecule has 0 spiro atoms. The lowest BCUT2D eigenvalue weighted by atomic mass is 10.1. The lowest BCUT2D eigenvalue weighted by molar-refractivity contribution is -0.157. The monoisotopic (exact) mass is 372 g/mol. The quantitative estimate of drug-likeness (QED) is 0.588. The van der Waals surface area contributed by atoms with Crippen molar-refractivity contribution in [3.8, 4) is 11.5 Å². The van der Waals surface area contributed by atoms with Gasteiger partial charge in [0, 0.05) is 17.0 Å². The number of fused-ring (bicyclic) bond motifs is 1. The number of aryl methyl sites for hydroxylation is 1. The number of esters is 1. The van der Waals surface area contributed by atoms with E-state index in [1.165, 1.54) is 0 Å². The summed E-state index contributed by atoms with van der Waals surface area (Å²) in [6, 6.07) is 6.89. The number of carbonyl (C=O) groups excluding carboxylic acids is 2. The molecular weight excluding hydrogens is 352 g/mol. The summed E-state index contributed by atoms with van der Waals surface area (Å²) in [4.78, 5) is 25.2. The van der Waals surface area contributed by atoms with E-state index in [4.69, 9.17) is 14.2 Å². The van der Waals surface area contributed by atoms with E-state index in [9.17, 15) is 9.59 Å². The molecule has 3 rings (SSSR count). The summed E-state index contributed by atoms with van der Waals surface area (Å²) in [5.74, 6) is 0.540. The van der Waals surface area contributed by atoms with Crippen LogP contribution in [0.5, 0.6) is 11.5 Å². The zero-order valence-corrected chi connectivity index (χ0v) is 15.9. The van der Waals surface area contributed by atoms with Gasteiger partial charge < -0.3 is 14.2 Å². The highest BCUT2D eigenvalue weighted by atomic mass is 32.1. The van der Waals surface area contributed by atoms with Crippen LogP contribution in [0.4, 0.5) is 0 Å². The Labute approximate surface area is 156 Å². The van der Waals surface area contributed by atoms with Crippen molar-refractivity contribution >= 4 is 29.2 Å². The van der Waals surface area contributed by atoms with Crippen molar-refractivity contribution in [3.05, 3.63) is 51.4 Å². The lowest BCUT2D eigenvalue weighted by Gasteiger charge is -2.19. The molecule has 2 heterocycles. The van der Waals surface area contributed by atoms with Crippen molar-refractivity contribution in [2.24, 2.45) is 0 Å². The number of rotatable bonds is 4. The number of benzene rings is 1. The Kier molecular flexibility index (Phi) is 4.87. The fraction of sp³-hybridized carbons (Fsp3) is 0.300. The van der Waals surface area contributed by atoms with Gasteiger partial charge >= 0.3 is 5.97 Å². The first-order valence-electron chi connectivity index (χ1n) is 8.20. The first-order valence-corrected chi connectivity index (χ1v) is 9.08. The third kappa shape index (κ3) is 4.14. The van der Waals surface area contributed by atoms with Crippen molar-refractivity contribution in [2.45, 2.75) is 33.3 Å². The van der Waals surface area contributed by atoms with E-state index in [0.717, 1.165) is 10.4 Å². The van der Waals surface area contributed by atoms with E-state index in [1.54, 1.807) is 56.4 Å². The van der Waals surface area contributed by atoms with Crippen molar-refractivity contribution in [3.63, 3.8) is 0 Å². The van der Waals surface area contributed by atoms with Crippen molar-refractivity contribution in [1.82, 2.24) is 0 Å². The second kappa shape index (κ2) is 6.96. The lowest BCUT2D eigenvalue weighted by Crippen LogP contribution is -2.27. The number of ether oxygens (including phenoxy) is 3. The number of ketones is 1. The predicted octanol–water partition coefficient (Wildman–Crippen LogP) is 4.39. The summed E-state index contributed by atoms with van der Waals surface area (Å²) in [5, 5.41) is 1.97. The van der Waals surface area contributed by atoms with Gasteiger partial charge in [0.2, 0.25) is 5.78 Å². The van der Waals surface area contributed by atoms with Crippen LogP contribution in [0.3, 0.4) is 0 Å². The second-order valence-electron chi connectivity index (χ2n) is 6.94. The first kappa shape index (κ1) is 18.2. The molecule has 0 radical (unpaired) electrons. The van der Waals surface area contributed by atoms with Gasteiger partial charge in [-0.25, -0.2) is 4.79 Å². The van der Waals surface area contributed by atoms with Crippen LogP contribution in [0.1, 0.15) is 41.6 Å². The molecule has 0 aliphatic carbocycles. The van der Waals surface area contributed by atoms with E-state index in [1.807, 2.05) is 18.4 Å². The molecule has 1 aliphatic heterocycles. The maximum absolute atomic E-state index is 12.5. The number of carbonyl (C=O) groups is 2. The highest BCUT2D eigenvalue weighted by Gasteiger charge is 2.28. The van der Waals surface area contributed by atoms with Gasteiger partial charge in [-0.3, -0.25) is 4.79 Å². The molecule has 0 saturated heterocycles. The summed E-state index contributed by atoms with van der Waals surface area (Å²) < 4.78 is 16.3. The molecule has 5 nitrogen and oxygen atoms in total. The molecule has 26 heavy (non-hydrogen) atoms. The second-order valence-corrected chi connectivity index (χ2v) is 7.89. The third-order valence-electron chi connectivity index (χ3n) is 3.58. The number of Topliss-reactive ketones (excluding diaryl/α,β-unsaturated/α-hetero) is 1. The number of allylic oxidation sites excluding steroid dienone is 1. The van der Waals surface area contributed by atoms with Crippen LogP contribution in [0.2, 0.25) is 0 Å². The number of thiophene rings is 1. The van der Waals surface area contributed by atoms with Crippen LogP contribution >= 0.6 is 11.3 Å². The molecule has 1 aliphatic rings. The molecular formula is C20H20O5S. The molecule has 0 N–H and O–H groups in total. The predicted molar refractivity (Wildman–Crippen MR) is 99.8 cm³/mol. The smallest absolute Gasteiger partial charge is 0.344 e. The van der Waals surface area contributed by atoms with Gasteiger partial charge in [0.25, 0.3) is 0 Å². The summed E-state index contributed by atoms with van der Waals surface area (Å²) >= 11 is 1.55. The molecule has 0 amide bonds. The van der Waals surface area contributed by atoms with E-state index >= 15 is 0 Å². The topological polar surface area (TPSA) is 61.8 Å². The summed E-state index contributed by atoms with van der Waals surface area (Å²) in [7, 11) is 0. The number of hydrogen-bond donors (Lipinski definition) is 0. The minimum absolute atomic E-state index is 0.161. The van der Waals surface area contributed by atoms with Crippen LogP contribution in [-0.4, -0.2) is 24.0 Å². The summed E-state index contributed by atoms with van der Waals surface area (Å²) in [6.45, 7) is 7.16. The fourth-order valence-corrected chi connectivity index (χ4v) is 3.27. The Hall–Kier alpha value is -2.60. The Morgan fingerprint density at radius 3 is 2.69 bits per heavy atom. The molecule has 0 unspecified atom stereocenters. The standard InChI is InChI=1S/C20H20O5S/c1-12-7-8-26-17(12)10-16-19(22)14-6-5-13(9-15(14)24-16)23-11-18(21)25-20(2,3)4/h5-10H,11H2,1-4H3. The molecule has 2 aromatic rings. The van der Waals surface area contributed by atoms with Gasteiger partial charge in [-0.15, -0.1) is 11.3 Å². The Bertz CT molecular complexity index is 886. The SMILES string of the molecule is Cc1ccsc1C=C1Oc2cc(OCC(=O)OC(C)(C)C)ccc2C1=O. The van der Waals surface area contributed by atoms with Gasteiger partial charge in [0.1, 0.15) is 17.1 Å². The molecule has 136 valence electrons. The highest BCUT2D eigenvalue weighted by molar-refractivity contribution is 7.11. The van der Waals surface area contributed by atoms with Crippen LogP contribution in [-0.2, 0) is 9.53 Å². The minimum atomic E-state index is -0.562. The van der Waals surface area contributed by atoms with Crippen molar-refractivity contribution < 1.29 is 23.8 Å². The van der Waals surface area contributed by atoms with Gasteiger partial charge in [0.15, 0.2) is 12.4 Å². The maximum atomic E-state index is 12.5. The van der Waals surface area contributed by atoms with Gasteiger partial charge in [-0.05, 0) is 56.8 Å². The molecule has 0 saturated carbocycles. The fourth-order valence-electron chi connectivity index (χ4n) is 2.42. The first-order chi connectivity index (χ1) is 12.2. The van der Waals surface area contributed by atoms with Gasteiger partial charge in [0.05, 0.1) is 5.56 Å². The van der Waals surface area contributed by atoms with E-state index in [-0.39, 0.29) is 18.1 Å². The minimum Gasteiger partial charge on any atom is -0.482 e. The van der Waals surface area contributed by atoms with Gasteiger partial charge in [-0.1, -0.05) is 0 Å². The average molecular weight is 372 g/mol. The average Bonchev–Trinajstić information content (AvgIpc) is 3.08. The third-order valence-corrected chi connectivity index (χ3v) is 4.55. The molecule has 0 atom stereocenters. The van der Waals surface area contributed by atoms with E-state index in [0.29, 0.717) is 17.1 Å². The van der Waals surface area contributed by atoms with Crippen LogP contribution < -0.4 is 9.47 Å². The summed E-state index contributed by atoms with van der Waals surface area (Å²) in [5.41, 5.74) is 1.01. The molecule has 1 aromatic heterocycles. The van der Waals surface area contributed by atoms with Crippen LogP contribution in [0.15, 0.2) is 35.4 Å². The maximum Gasteiger partial charge on any atom is 0.344 e. The largest absolute Gasteiger partial charge is 0.482 e. The Morgan fingerprint density at radius 2 is 2.04 bits per heavy atom. The van der Waals surface area contributed by atoms with Crippen LogP contribution in [0, 0.1) is 6.92 Å². The normalized spacial score (nSPS) is 14.9. The van der Waals surface area contributed by atoms with E-state index in [2.05, 4.69) is 0 Å². The van der Waals surface area contributed by atoms with Crippen molar-refractivity contribution in [2.75, 3.05) is 6.61 Å². The Morgan fingerprint density at radius 1 is 1.27 bits per heavy atom. The summed E-state index contributed by atoms with van der Waals surface area (Å²) in [6.07, 6.45) is 1.75. The molecule has 1 aromatic carbocycles. The highest BCUT2D eigenvalue weighted by Crippen LogP contribution is 2.35. The molecule has 0 bridgehead atoms. The zero-order valence-electron chi connectivity index (χ0n) is 15.1. The Balaban J connectivity index is 1.71. The van der Waals surface area contributed by atoms with Crippen LogP contribution in [0.25, 0.3) is 6.08 Å².